The molecule has 0 aromatic heterocycles. The number of hydrogen-bond acceptors (Lipinski definition) is 4. The Morgan fingerprint density at radius 2 is 2.00 bits per heavy atom. The first-order chi connectivity index (χ1) is 9.47. The van der Waals surface area contributed by atoms with Gasteiger partial charge in [-0.1, -0.05) is 18.2 Å². The lowest BCUT2D eigenvalue weighted by atomic mass is 10.2. The predicted octanol–water partition coefficient (Wildman–Crippen LogP) is 2.55. The lowest BCUT2D eigenvalue weighted by molar-refractivity contribution is -0.242. The van der Waals surface area contributed by atoms with Crippen LogP contribution in [0.25, 0.3) is 0 Å². The first-order valence-corrected chi connectivity index (χ1v) is 6.20. The van der Waals surface area contributed by atoms with E-state index in [1.54, 1.807) is 24.3 Å². The molecule has 1 unspecified atom stereocenters. The van der Waals surface area contributed by atoms with Gasteiger partial charge in [-0.15, -0.1) is 5.06 Å². The highest BCUT2D eigenvalue weighted by Crippen LogP contribution is 2.23. The first kappa shape index (κ1) is 14.6. The Bertz CT molecular complexity index is 450. The molecule has 0 spiro atoms. The number of benzene rings is 1. The van der Waals surface area contributed by atoms with Gasteiger partial charge in [-0.25, -0.2) is 4.79 Å². The fourth-order valence-electron chi connectivity index (χ4n) is 1.96. The maximum absolute atomic E-state index is 12.1. The van der Waals surface area contributed by atoms with Crippen molar-refractivity contribution in [3.8, 4) is 5.75 Å². The molecule has 0 aliphatic carbocycles. The minimum absolute atomic E-state index is 0.176. The SMILES string of the molecule is O=C(ON1CCCC1COc1ccccc1)C(F)(F)F. The Kier molecular flexibility index (Phi) is 4.49. The molecule has 1 aliphatic heterocycles. The topological polar surface area (TPSA) is 38.8 Å². The van der Waals surface area contributed by atoms with Gasteiger partial charge in [0.15, 0.2) is 0 Å². The number of hydrogen-bond donors (Lipinski definition) is 0. The lowest BCUT2D eigenvalue weighted by Crippen LogP contribution is -2.40. The average molecular weight is 289 g/mol. The number of carbonyl (C=O) groups is 1. The van der Waals surface area contributed by atoms with Gasteiger partial charge in [0.1, 0.15) is 12.4 Å². The van der Waals surface area contributed by atoms with Gasteiger partial charge >= 0.3 is 12.1 Å². The van der Waals surface area contributed by atoms with Crippen molar-refractivity contribution < 1.29 is 27.5 Å². The van der Waals surface area contributed by atoms with E-state index in [1.807, 2.05) is 6.07 Å². The molecule has 2 rings (SSSR count). The van der Waals surface area contributed by atoms with E-state index < -0.39 is 12.1 Å². The average Bonchev–Trinajstić information content (AvgIpc) is 2.84. The molecule has 1 saturated heterocycles. The van der Waals surface area contributed by atoms with Gasteiger partial charge in [0.2, 0.25) is 0 Å². The van der Waals surface area contributed by atoms with Gasteiger partial charge in [-0.2, -0.15) is 13.2 Å². The number of halogens is 3. The number of alkyl halides is 3. The first-order valence-electron chi connectivity index (χ1n) is 6.20. The van der Waals surface area contributed by atoms with Crippen molar-refractivity contribution in [1.82, 2.24) is 5.06 Å². The van der Waals surface area contributed by atoms with Crippen molar-refractivity contribution >= 4 is 5.97 Å². The van der Waals surface area contributed by atoms with Crippen molar-refractivity contribution in [3.05, 3.63) is 30.3 Å². The largest absolute Gasteiger partial charge is 0.492 e. The van der Waals surface area contributed by atoms with Crippen LogP contribution in [0.4, 0.5) is 13.2 Å². The van der Waals surface area contributed by atoms with E-state index in [2.05, 4.69) is 4.84 Å². The molecule has 0 amide bonds. The van der Waals surface area contributed by atoms with Crippen molar-refractivity contribution in [2.45, 2.75) is 25.1 Å². The Labute approximate surface area is 114 Å². The lowest BCUT2D eigenvalue weighted by Gasteiger charge is -2.23. The number of ether oxygens (including phenoxy) is 1. The monoisotopic (exact) mass is 289 g/mol. The van der Waals surface area contributed by atoms with Crippen LogP contribution in [0.15, 0.2) is 30.3 Å². The highest BCUT2D eigenvalue weighted by Gasteiger charge is 2.44. The molecule has 7 heteroatoms. The highest BCUT2D eigenvalue weighted by molar-refractivity contribution is 5.75. The number of para-hydroxylation sites is 1. The van der Waals surface area contributed by atoms with Gasteiger partial charge < -0.3 is 9.57 Å². The second kappa shape index (κ2) is 6.13. The molecular weight excluding hydrogens is 275 g/mol. The molecule has 0 saturated carbocycles. The van der Waals surface area contributed by atoms with E-state index >= 15 is 0 Å². The van der Waals surface area contributed by atoms with Crippen molar-refractivity contribution in [2.75, 3.05) is 13.2 Å². The third-order valence-corrected chi connectivity index (χ3v) is 2.94. The number of hydroxylamine groups is 2. The zero-order valence-corrected chi connectivity index (χ0v) is 10.6. The van der Waals surface area contributed by atoms with Crippen LogP contribution in [0.5, 0.6) is 5.75 Å². The molecule has 0 bridgehead atoms. The summed E-state index contributed by atoms with van der Waals surface area (Å²) < 4.78 is 41.9. The summed E-state index contributed by atoms with van der Waals surface area (Å²) in [6.45, 7) is 0.458. The molecule has 0 N–H and O–H groups in total. The molecule has 20 heavy (non-hydrogen) atoms. The summed E-state index contributed by atoms with van der Waals surface area (Å²) in [6.07, 6.45) is -3.70. The van der Waals surface area contributed by atoms with Crippen molar-refractivity contribution in [2.24, 2.45) is 0 Å². The van der Waals surface area contributed by atoms with E-state index in [-0.39, 0.29) is 19.2 Å². The van der Waals surface area contributed by atoms with Crippen LogP contribution in [0.1, 0.15) is 12.8 Å². The van der Waals surface area contributed by atoms with E-state index in [1.165, 1.54) is 0 Å². The van der Waals surface area contributed by atoms with E-state index in [9.17, 15) is 18.0 Å². The Morgan fingerprint density at radius 3 is 2.65 bits per heavy atom. The maximum atomic E-state index is 12.1. The summed E-state index contributed by atoms with van der Waals surface area (Å²) in [5.41, 5.74) is 0. The third kappa shape index (κ3) is 3.86. The predicted molar refractivity (Wildman–Crippen MR) is 63.8 cm³/mol. The summed E-state index contributed by atoms with van der Waals surface area (Å²) in [4.78, 5) is 15.2. The van der Waals surface area contributed by atoms with Crippen LogP contribution in [0.2, 0.25) is 0 Å². The van der Waals surface area contributed by atoms with Gasteiger partial charge in [0.05, 0.1) is 6.04 Å². The van der Waals surface area contributed by atoms with E-state index in [0.717, 1.165) is 5.06 Å². The Morgan fingerprint density at radius 1 is 1.30 bits per heavy atom. The van der Waals surface area contributed by atoms with Crippen molar-refractivity contribution in [3.63, 3.8) is 0 Å². The van der Waals surface area contributed by atoms with Gasteiger partial charge in [0, 0.05) is 6.54 Å². The molecule has 1 aromatic carbocycles. The molecule has 1 aromatic rings. The number of nitrogens with zero attached hydrogens (tertiary/aromatic N) is 1. The quantitative estimate of drug-likeness (QED) is 0.854. The fraction of sp³-hybridized carbons (Fsp3) is 0.462. The summed E-state index contributed by atoms with van der Waals surface area (Å²) in [7, 11) is 0. The highest BCUT2D eigenvalue weighted by atomic mass is 19.4. The molecule has 1 heterocycles. The summed E-state index contributed by atoms with van der Waals surface area (Å²) >= 11 is 0. The molecule has 4 nitrogen and oxygen atoms in total. The Hall–Kier alpha value is -1.76. The van der Waals surface area contributed by atoms with Gasteiger partial charge in [-0.3, -0.25) is 0 Å². The van der Waals surface area contributed by atoms with Gasteiger partial charge in [0.25, 0.3) is 0 Å². The second-order valence-corrected chi connectivity index (χ2v) is 4.44. The molecule has 0 radical (unpaired) electrons. The van der Waals surface area contributed by atoms with Crippen LogP contribution in [0, 0.1) is 0 Å². The standard InChI is InChI=1S/C13H14F3NO3/c14-13(15,16)12(18)20-17-8-4-5-10(17)9-19-11-6-2-1-3-7-11/h1-3,6-7,10H,4-5,8-9H2. The van der Waals surface area contributed by atoms with Crippen LogP contribution in [-0.2, 0) is 9.63 Å². The number of rotatable bonds is 4. The smallest absolute Gasteiger partial charge is 0.492 e. The molecular formula is C13H14F3NO3. The maximum Gasteiger partial charge on any atom is 0.492 e. The molecule has 110 valence electrons. The van der Waals surface area contributed by atoms with Crippen LogP contribution >= 0.6 is 0 Å². The van der Waals surface area contributed by atoms with Crippen LogP contribution in [0.3, 0.4) is 0 Å². The fourth-order valence-corrected chi connectivity index (χ4v) is 1.96. The van der Waals surface area contributed by atoms with Crippen LogP contribution < -0.4 is 4.74 Å². The summed E-state index contributed by atoms with van der Waals surface area (Å²) in [5, 5.41) is 1.05. The molecule has 1 fully saturated rings. The molecule has 1 atom stereocenters. The minimum Gasteiger partial charge on any atom is -0.492 e. The summed E-state index contributed by atoms with van der Waals surface area (Å²) in [5.74, 6) is -1.56. The normalized spacial score (nSPS) is 19.9. The zero-order chi connectivity index (χ0) is 14.6. The Balaban J connectivity index is 1.86. The zero-order valence-electron chi connectivity index (χ0n) is 10.6. The van der Waals surface area contributed by atoms with Crippen molar-refractivity contribution in [1.29, 1.82) is 0 Å². The molecule has 1 aliphatic rings. The number of carbonyl (C=O) groups excluding carboxylic acids is 1. The summed E-state index contributed by atoms with van der Waals surface area (Å²) in [6, 6.07) is 8.57. The van der Waals surface area contributed by atoms with E-state index in [4.69, 9.17) is 4.74 Å². The van der Waals surface area contributed by atoms with Crippen LogP contribution in [-0.4, -0.2) is 36.4 Å². The third-order valence-electron chi connectivity index (χ3n) is 2.94. The second-order valence-electron chi connectivity index (χ2n) is 4.44. The van der Waals surface area contributed by atoms with E-state index in [0.29, 0.717) is 18.6 Å². The van der Waals surface area contributed by atoms with Gasteiger partial charge in [-0.05, 0) is 25.0 Å². The minimum atomic E-state index is -4.98.